The standard InChI is InChI=1S/C15H15ClO2/c1-10-3-6-13(7-4-10)18-15-8-5-12(11(2)17)9-14(15)16/h3-9,11,17H,1-2H3. The van der Waals surface area contributed by atoms with E-state index in [1.165, 1.54) is 5.56 Å². The first-order valence-corrected chi connectivity index (χ1v) is 6.16. The smallest absolute Gasteiger partial charge is 0.146 e. The molecule has 0 saturated carbocycles. The number of rotatable bonds is 3. The highest BCUT2D eigenvalue weighted by Crippen LogP contribution is 2.31. The maximum absolute atomic E-state index is 9.46. The Morgan fingerprint density at radius 2 is 1.78 bits per heavy atom. The Kier molecular flexibility index (Phi) is 3.90. The van der Waals surface area contributed by atoms with Gasteiger partial charge in [0, 0.05) is 0 Å². The van der Waals surface area contributed by atoms with Crippen LogP contribution in [0.15, 0.2) is 42.5 Å². The third-order valence-corrected chi connectivity index (χ3v) is 2.98. The van der Waals surface area contributed by atoms with E-state index >= 15 is 0 Å². The molecule has 0 radical (unpaired) electrons. The molecule has 0 spiro atoms. The first-order valence-electron chi connectivity index (χ1n) is 5.78. The molecule has 0 saturated heterocycles. The number of aliphatic hydroxyl groups is 1. The second-order valence-corrected chi connectivity index (χ2v) is 4.69. The van der Waals surface area contributed by atoms with Gasteiger partial charge in [-0.15, -0.1) is 0 Å². The predicted molar refractivity (Wildman–Crippen MR) is 73.3 cm³/mol. The molecule has 1 atom stereocenters. The molecule has 3 heteroatoms. The Morgan fingerprint density at radius 1 is 1.11 bits per heavy atom. The Morgan fingerprint density at radius 3 is 2.33 bits per heavy atom. The molecule has 0 heterocycles. The summed E-state index contributed by atoms with van der Waals surface area (Å²) in [6, 6.07) is 13.0. The van der Waals surface area contributed by atoms with Gasteiger partial charge in [-0.05, 0) is 43.7 Å². The minimum atomic E-state index is -0.532. The molecule has 1 unspecified atom stereocenters. The summed E-state index contributed by atoms with van der Waals surface area (Å²) in [5, 5.41) is 9.95. The molecule has 0 amide bonds. The van der Waals surface area contributed by atoms with Crippen LogP contribution in [-0.4, -0.2) is 5.11 Å². The molecule has 0 aliphatic heterocycles. The number of hydrogen-bond acceptors (Lipinski definition) is 2. The molecule has 0 aliphatic carbocycles. The Labute approximate surface area is 112 Å². The van der Waals surface area contributed by atoms with Crippen LogP contribution < -0.4 is 4.74 Å². The fourth-order valence-corrected chi connectivity index (χ4v) is 1.82. The number of halogens is 1. The van der Waals surface area contributed by atoms with Gasteiger partial charge in [-0.1, -0.05) is 35.4 Å². The van der Waals surface area contributed by atoms with E-state index in [0.29, 0.717) is 10.8 Å². The topological polar surface area (TPSA) is 29.5 Å². The van der Waals surface area contributed by atoms with E-state index in [9.17, 15) is 5.11 Å². The van der Waals surface area contributed by atoms with Gasteiger partial charge in [0.2, 0.25) is 0 Å². The number of benzene rings is 2. The summed E-state index contributed by atoms with van der Waals surface area (Å²) in [6.07, 6.45) is -0.532. The zero-order valence-corrected chi connectivity index (χ0v) is 11.1. The molecule has 18 heavy (non-hydrogen) atoms. The largest absolute Gasteiger partial charge is 0.456 e. The van der Waals surface area contributed by atoms with Crippen molar-refractivity contribution in [2.45, 2.75) is 20.0 Å². The summed E-state index contributed by atoms with van der Waals surface area (Å²) in [4.78, 5) is 0. The zero-order chi connectivity index (χ0) is 13.1. The fourth-order valence-electron chi connectivity index (χ4n) is 1.59. The monoisotopic (exact) mass is 262 g/mol. The molecule has 2 aromatic rings. The number of ether oxygens (including phenoxy) is 1. The minimum Gasteiger partial charge on any atom is -0.456 e. The summed E-state index contributed by atoms with van der Waals surface area (Å²) in [5.74, 6) is 1.33. The normalized spacial score (nSPS) is 12.2. The van der Waals surface area contributed by atoms with Crippen LogP contribution in [0, 0.1) is 6.92 Å². The van der Waals surface area contributed by atoms with Crippen LogP contribution >= 0.6 is 11.6 Å². The van der Waals surface area contributed by atoms with Crippen LogP contribution in [0.25, 0.3) is 0 Å². The fraction of sp³-hybridized carbons (Fsp3) is 0.200. The minimum absolute atomic E-state index is 0.494. The van der Waals surface area contributed by atoms with Gasteiger partial charge < -0.3 is 9.84 Å². The average molecular weight is 263 g/mol. The Hall–Kier alpha value is -1.51. The van der Waals surface area contributed by atoms with Crippen molar-refractivity contribution in [1.29, 1.82) is 0 Å². The highest BCUT2D eigenvalue weighted by molar-refractivity contribution is 6.32. The Bertz CT molecular complexity index is 533. The van der Waals surface area contributed by atoms with Gasteiger partial charge in [0.25, 0.3) is 0 Å². The van der Waals surface area contributed by atoms with Crippen molar-refractivity contribution < 1.29 is 9.84 Å². The summed E-state index contributed by atoms with van der Waals surface area (Å²) < 4.78 is 5.69. The van der Waals surface area contributed by atoms with Crippen LogP contribution in [0.5, 0.6) is 11.5 Å². The second-order valence-electron chi connectivity index (χ2n) is 4.28. The average Bonchev–Trinajstić information content (AvgIpc) is 2.34. The lowest BCUT2D eigenvalue weighted by Crippen LogP contribution is -1.92. The van der Waals surface area contributed by atoms with Crippen LogP contribution in [0.2, 0.25) is 5.02 Å². The van der Waals surface area contributed by atoms with Crippen molar-refractivity contribution >= 4 is 11.6 Å². The van der Waals surface area contributed by atoms with Gasteiger partial charge in [0.15, 0.2) is 0 Å². The van der Waals surface area contributed by atoms with Gasteiger partial charge >= 0.3 is 0 Å². The molecule has 94 valence electrons. The van der Waals surface area contributed by atoms with Crippen LogP contribution in [0.4, 0.5) is 0 Å². The first kappa shape index (κ1) is 12.9. The number of hydrogen-bond donors (Lipinski definition) is 1. The van der Waals surface area contributed by atoms with Crippen molar-refractivity contribution in [3.05, 3.63) is 58.6 Å². The van der Waals surface area contributed by atoms with Gasteiger partial charge in [0.1, 0.15) is 11.5 Å². The molecule has 0 bridgehead atoms. The third kappa shape index (κ3) is 3.03. The molecule has 0 fully saturated rings. The molecule has 0 aliphatic rings. The quantitative estimate of drug-likeness (QED) is 0.883. The van der Waals surface area contributed by atoms with Crippen molar-refractivity contribution in [3.63, 3.8) is 0 Å². The van der Waals surface area contributed by atoms with Crippen LogP contribution in [0.1, 0.15) is 24.2 Å². The van der Waals surface area contributed by atoms with Gasteiger partial charge in [-0.25, -0.2) is 0 Å². The highest BCUT2D eigenvalue weighted by atomic mass is 35.5. The van der Waals surface area contributed by atoms with Gasteiger partial charge in [-0.3, -0.25) is 0 Å². The van der Waals surface area contributed by atoms with E-state index in [1.807, 2.05) is 31.2 Å². The van der Waals surface area contributed by atoms with E-state index < -0.39 is 6.10 Å². The molecule has 1 N–H and O–H groups in total. The van der Waals surface area contributed by atoms with Crippen molar-refractivity contribution in [2.75, 3.05) is 0 Å². The van der Waals surface area contributed by atoms with Crippen molar-refractivity contribution in [1.82, 2.24) is 0 Å². The summed E-state index contributed by atoms with van der Waals surface area (Å²) >= 11 is 6.12. The van der Waals surface area contributed by atoms with Crippen LogP contribution in [0.3, 0.4) is 0 Å². The lowest BCUT2D eigenvalue weighted by Gasteiger charge is -2.10. The molecule has 0 aromatic heterocycles. The highest BCUT2D eigenvalue weighted by Gasteiger charge is 2.07. The second kappa shape index (κ2) is 5.42. The maximum Gasteiger partial charge on any atom is 0.146 e. The summed E-state index contributed by atoms with van der Waals surface area (Å²) in [5.41, 5.74) is 1.95. The SMILES string of the molecule is Cc1ccc(Oc2ccc(C(C)O)cc2Cl)cc1. The zero-order valence-electron chi connectivity index (χ0n) is 10.4. The van der Waals surface area contributed by atoms with E-state index in [4.69, 9.17) is 16.3 Å². The molecule has 2 nitrogen and oxygen atoms in total. The van der Waals surface area contributed by atoms with Crippen LogP contribution in [-0.2, 0) is 0 Å². The van der Waals surface area contributed by atoms with E-state index in [2.05, 4.69) is 0 Å². The van der Waals surface area contributed by atoms with Gasteiger partial charge in [0.05, 0.1) is 11.1 Å². The lowest BCUT2D eigenvalue weighted by molar-refractivity contribution is 0.199. The predicted octanol–water partition coefficient (Wildman–Crippen LogP) is 4.49. The van der Waals surface area contributed by atoms with E-state index in [1.54, 1.807) is 25.1 Å². The number of aliphatic hydroxyl groups excluding tert-OH is 1. The third-order valence-electron chi connectivity index (χ3n) is 2.69. The first-order chi connectivity index (χ1) is 8.56. The molecular weight excluding hydrogens is 248 g/mol. The summed E-state index contributed by atoms with van der Waals surface area (Å²) in [7, 11) is 0. The lowest BCUT2D eigenvalue weighted by atomic mass is 10.1. The Balaban J connectivity index is 2.22. The van der Waals surface area contributed by atoms with Gasteiger partial charge in [-0.2, -0.15) is 0 Å². The van der Waals surface area contributed by atoms with E-state index in [0.717, 1.165) is 11.3 Å². The van der Waals surface area contributed by atoms with Crippen molar-refractivity contribution in [3.8, 4) is 11.5 Å². The van der Waals surface area contributed by atoms with Crippen molar-refractivity contribution in [2.24, 2.45) is 0 Å². The molecule has 2 rings (SSSR count). The number of aryl methyl sites for hydroxylation is 1. The molecule has 2 aromatic carbocycles. The maximum atomic E-state index is 9.46. The summed E-state index contributed by atoms with van der Waals surface area (Å²) in [6.45, 7) is 3.72. The molecular formula is C15H15ClO2. The van der Waals surface area contributed by atoms with E-state index in [-0.39, 0.29) is 0 Å².